The van der Waals surface area contributed by atoms with Crippen LogP contribution < -0.4 is 10.6 Å². The number of carbonyl (C=O) groups is 2. The van der Waals surface area contributed by atoms with Crippen LogP contribution in [0.4, 0.5) is 0 Å². The number of fused-ring (bicyclic) bond motifs is 1. The van der Waals surface area contributed by atoms with E-state index in [4.69, 9.17) is 9.47 Å². The summed E-state index contributed by atoms with van der Waals surface area (Å²) in [4.78, 5) is 28.4. The van der Waals surface area contributed by atoms with Gasteiger partial charge in [-0.2, -0.15) is 0 Å². The molecule has 26 heavy (non-hydrogen) atoms. The molecule has 0 radical (unpaired) electrons. The summed E-state index contributed by atoms with van der Waals surface area (Å²) in [5.74, 6) is 0.510. The van der Waals surface area contributed by atoms with E-state index < -0.39 is 0 Å². The molecule has 2 amide bonds. The second-order valence-corrected chi connectivity index (χ2v) is 5.83. The van der Waals surface area contributed by atoms with Crippen molar-refractivity contribution in [3.63, 3.8) is 0 Å². The number of methoxy groups -OCH3 is 2. The second-order valence-electron chi connectivity index (χ2n) is 5.83. The summed E-state index contributed by atoms with van der Waals surface area (Å²) in [6.45, 7) is 1.83. The lowest BCUT2D eigenvalue weighted by molar-refractivity contribution is -0.124. The standard InChI is InChI=1S/C18H26N4O4/c1-25-11-5-9-19-17(23)12-22-15-7-4-3-6-14(15)21-16(22)8-10-20-18(24)13-26-2/h3-4,6-7H,5,8-13H2,1-2H3,(H,19,23)(H,20,24). The normalized spacial score (nSPS) is 10.8. The van der Waals surface area contributed by atoms with Gasteiger partial charge in [0.15, 0.2) is 0 Å². The van der Waals surface area contributed by atoms with E-state index in [9.17, 15) is 9.59 Å². The van der Waals surface area contributed by atoms with Gasteiger partial charge in [0.25, 0.3) is 0 Å². The van der Waals surface area contributed by atoms with Gasteiger partial charge in [-0.1, -0.05) is 12.1 Å². The molecule has 0 saturated carbocycles. The highest BCUT2D eigenvalue weighted by Gasteiger charge is 2.13. The highest BCUT2D eigenvalue weighted by Crippen LogP contribution is 2.16. The highest BCUT2D eigenvalue weighted by molar-refractivity contribution is 5.81. The number of benzene rings is 1. The summed E-state index contributed by atoms with van der Waals surface area (Å²) in [5, 5.41) is 5.66. The van der Waals surface area contributed by atoms with Crippen LogP contribution in [0.15, 0.2) is 24.3 Å². The fourth-order valence-corrected chi connectivity index (χ4v) is 2.63. The molecule has 0 spiro atoms. The Morgan fingerprint density at radius 3 is 2.62 bits per heavy atom. The van der Waals surface area contributed by atoms with E-state index in [1.807, 2.05) is 28.8 Å². The van der Waals surface area contributed by atoms with Gasteiger partial charge in [0.05, 0.1) is 11.0 Å². The molecule has 0 unspecified atom stereocenters. The van der Waals surface area contributed by atoms with Crippen LogP contribution in [0.2, 0.25) is 0 Å². The molecule has 2 N–H and O–H groups in total. The predicted molar refractivity (Wildman–Crippen MR) is 97.8 cm³/mol. The fourth-order valence-electron chi connectivity index (χ4n) is 2.63. The average molecular weight is 362 g/mol. The number of rotatable bonds is 11. The van der Waals surface area contributed by atoms with Crippen molar-refractivity contribution in [3.8, 4) is 0 Å². The quantitative estimate of drug-likeness (QED) is 0.568. The van der Waals surface area contributed by atoms with E-state index >= 15 is 0 Å². The molecule has 0 fully saturated rings. The molecule has 142 valence electrons. The van der Waals surface area contributed by atoms with Crippen molar-refractivity contribution < 1.29 is 19.1 Å². The highest BCUT2D eigenvalue weighted by atomic mass is 16.5. The first-order valence-corrected chi connectivity index (χ1v) is 8.61. The third-order valence-corrected chi connectivity index (χ3v) is 3.83. The van der Waals surface area contributed by atoms with E-state index in [2.05, 4.69) is 15.6 Å². The van der Waals surface area contributed by atoms with E-state index in [0.29, 0.717) is 26.1 Å². The minimum absolute atomic E-state index is 0.0281. The Morgan fingerprint density at radius 1 is 1.08 bits per heavy atom. The van der Waals surface area contributed by atoms with Crippen LogP contribution in [-0.4, -0.2) is 61.9 Å². The molecule has 1 aromatic heterocycles. The minimum atomic E-state index is -0.175. The van der Waals surface area contributed by atoms with Gasteiger partial charge in [-0.05, 0) is 18.6 Å². The van der Waals surface area contributed by atoms with Gasteiger partial charge in [-0.25, -0.2) is 4.98 Å². The predicted octanol–water partition coefficient (Wildman–Crippen LogP) is 0.494. The Hall–Kier alpha value is -2.45. The Labute approximate surface area is 152 Å². The Bertz CT molecular complexity index is 729. The van der Waals surface area contributed by atoms with E-state index in [1.54, 1.807) is 7.11 Å². The molecule has 1 heterocycles. The van der Waals surface area contributed by atoms with Crippen molar-refractivity contribution in [2.24, 2.45) is 0 Å². The van der Waals surface area contributed by atoms with Gasteiger partial charge in [-0.3, -0.25) is 9.59 Å². The molecule has 2 rings (SSSR count). The number of carbonyl (C=O) groups excluding carboxylic acids is 2. The topological polar surface area (TPSA) is 94.5 Å². The number of nitrogens with zero attached hydrogens (tertiary/aromatic N) is 2. The Kier molecular flexibility index (Phi) is 8.04. The molecule has 0 aliphatic heterocycles. The molecule has 2 aromatic rings. The maximum atomic E-state index is 12.2. The zero-order valence-electron chi connectivity index (χ0n) is 15.3. The molecule has 8 heteroatoms. The van der Waals surface area contributed by atoms with Crippen molar-refractivity contribution in [1.82, 2.24) is 20.2 Å². The molecule has 1 aromatic carbocycles. The van der Waals surface area contributed by atoms with Crippen molar-refractivity contribution in [1.29, 1.82) is 0 Å². The second kappa shape index (κ2) is 10.5. The smallest absolute Gasteiger partial charge is 0.245 e. The molecule has 8 nitrogen and oxygen atoms in total. The number of imidazole rings is 1. The van der Waals surface area contributed by atoms with Crippen molar-refractivity contribution in [2.45, 2.75) is 19.4 Å². The summed E-state index contributed by atoms with van der Waals surface area (Å²) in [6.07, 6.45) is 1.30. The maximum Gasteiger partial charge on any atom is 0.245 e. The molecule has 0 saturated heterocycles. The number of nitrogens with one attached hydrogen (secondary N) is 2. The molecule has 0 aliphatic rings. The summed E-state index contributed by atoms with van der Waals surface area (Å²) >= 11 is 0. The first kappa shape index (κ1) is 19.9. The summed E-state index contributed by atoms with van der Waals surface area (Å²) in [6, 6.07) is 7.68. The van der Waals surface area contributed by atoms with Crippen LogP contribution in [0.3, 0.4) is 0 Å². The number of amides is 2. The molecular weight excluding hydrogens is 336 g/mol. The number of aromatic nitrogens is 2. The third kappa shape index (κ3) is 5.82. The van der Waals surface area contributed by atoms with Gasteiger partial charge in [0.2, 0.25) is 11.8 Å². The van der Waals surface area contributed by atoms with Gasteiger partial charge < -0.3 is 24.7 Å². The molecular formula is C18H26N4O4. The number of hydrogen-bond donors (Lipinski definition) is 2. The van der Waals surface area contributed by atoms with Crippen LogP contribution in [0, 0.1) is 0 Å². The SMILES string of the molecule is COCCCNC(=O)Cn1c(CCNC(=O)COC)nc2ccccc21. The maximum absolute atomic E-state index is 12.2. The third-order valence-electron chi connectivity index (χ3n) is 3.83. The average Bonchev–Trinajstić information content (AvgIpc) is 2.97. The fraction of sp³-hybridized carbons (Fsp3) is 0.500. The Balaban J connectivity index is 2.03. The van der Waals surface area contributed by atoms with Gasteiger partial charge in [-0.15, -0.1) is 0 Å². The van der Waals surface area contributed by atoms with Crippen molar-refractivity contribution in [3.05, 3.63) is 30.1 Å². The van der Waals surface area contributed by atoms with Crippen LogP contribution in [-0.2, 0) is 32.0 Å². The largest absolute Gasteiger partial charge is 0.385 e. The molecule has 0 aliphatic carbocycles. The van der Waals surface area contributed by atoms with Crippen LogP contribution >= 0.6 is 0 Å². The molecule has 0 bridgehead atoms. The lowest BCUT2D eigenvalue weighted by Gasteiger charge is -2.10. The number of para-hydroxylation sites is 2. The number of hydrogen-bond acceptors (Lipinski definition) is 5. The van der Waals surface area contributed by atoms with E-state index in [0.717, 1.165) is 23.3 Å². The first-order valence-electron chi connectivity index (χ1n) is 8.61. The first-order chi connectivity index (χ1) is 12.7. The van der Waals surface area contributed by atoms with Crippen LogP contribution in [0.1, 0.15) is 12.2 Å². The Morgan fingerprint density at radius 2 is 1.85 bits per heavy atom. The van der Waals surface area contributed by atoms with Gasteiger partial charge in [0.1, 0.15) is 19.0 Å². The van der Waals surface area contributed by atoms with Crippen LogP contribution in [0.25, 0.3) is 11.0 Å². The lowest BCUT2D eigenvalue weighted by atomic mass is 10.3. The molecule has 0 atom stereocenters. The van der Waals surface area contributed by atoms with Crippen LogP contribution in [0.5, 0.6) is 0 Å². The van der Waals surface area contributed by atoms with Crippen molar-refractivity contribution >= 4 is 22.8 Å². The zero-order valence-corrected chi connectivity index (χ0v) is 15.3. The summed E-state index contributed by atoms with van der Waals surface area (Å²) in [7, 11) is 3.11. The summed E-state index contributed by atoms with van der Waals surface area (Å²) in [5.41, 5.74) is 1.73. The summed E-state index contributed by atoms with van der Waals surface area (Å²) < 4.78 is 11.7. The lowest BCUT2D eigenvalue weighted by Crippen LogP contribution is -2.31. The minimum Gasteiger partial charge on any atom is -0.385 e. The van der Waals surface area contributed by atoms with Crippen molar-refractivity contribution in [2.75, 3.05) is 40.5 Å². The van der Waals surface area contributed by atoms with E-state index in [-0.39, 0.29) is 25.0 Å². The monoisotopic (exact) mass is 362 g/mol. The van der Waals surface area contributed by atoms with Gasteiger partial charge in [0, 0.05) is 40.3 Å². The zero-order chi connectivity index (χ0) is 18.8. The van der Waals surface area contributed by atoms with E-state index in [1.165, 1.54) is 7.11 Å². The number of ether oxygens (including phenoxy) is 2. The van der Waals surface area contributed by atoms with Gasteiger partial charge >= 0.3 is 0 Å².